The van der Waals surface area contributed by atoms with Crippen molar-refractivity contribution < 1.29 is 9.59 Å². The molecule has 0 N–H and O–H groups in total. The Morgan fingerprint density at radius 3 is 2.00 bits per heavy atom. The molecule has 0 saturated carbocycles. The smallest absolute Gasteiger partial charge is 0.151 e. The van der Waals surface area contributed by atoms with Crippen LogP contribution in [-0.4, -0.2) is 11.6 Å². The standard InChI is InChI=1S/C14H17NO.C3H6O/c1-5-12-7-13(10(3)6-9(12)2)14(8-15)11(4)16;1-3(2)4/h6-7,14H,5H2,1-4H3;1-2H3. The second kappa shape index (κ2) is 8.27. The van der Waals surface area contributed by atoms with Crippen molar-refractivity contribution in [2.75, 3.05) is 0 Å². The minimum Gasteiger partial charge on any atom is -0.300 e. The van der Waals surface area contributed by atoms with Crippen molar-refractivity contribution in [3.05, 3.63) is 34.4 Å². The maximum absolute atomic E-state index is 11.4. The summed E-state index contributed by atoms with van der Waals surface area (Å²) in [7, 11) is 0. The zero-order valence-electron chi connectivity index (χ0n) is 13.2. The second-order valence-corrected chi connectivity index (χ2v) is 5.07. The third kappa shape index (κ3) is 5.36. The van der Waals surface area contributed by atoms with E-state index in [1.807, 2.05) is 13.0 Å². The van der Waals surface area contributed by atoms with E-state index >= 15 is 0 Å². The molecule has 0 fully saturated rings. The predicted octanol–water partition coefficient (Wildman–Crippen LogP) is 3.66. The van der Waals surface area contributed by atoms with Crippen molar-refractivity contribution in [2.24, 2.45) is 0 Å². The zero-order valence-corrected chi connectivity index (χ0v) is 13.2. The van der Waals surface area contributed by atoms with Crippen molar-refractivity contribution >= 4 is 11.6 Å². The number of nitrogens with zero attached hydrogens (tertiary/aromatic N) is 1. The minimum atomic E-state index is -0.620. The van der Waals surface area contributed by atoms with Gasteiger partial charge in [0.1, 0.15) is 11.7 Å². The highest BCUT2D eigenvalue weighted by atomic mass is 16.1. The van der Waals surface area contributed by atoms with Crippen LogP contribution in [0.2, 0.25) is 0 Å². The predicted molar refractivity (Wildman–Crippen MR) is 80.7 cm³/mol. The summed E-state index contributed by atoms with van der Waals surface area (Å²) in [6.45, 7) is 10.6. The van der Waals surface area contributed by atoms with Gasteiger partial charge in [-0.05, 0) is 63.3 Å². The van der Waals surface area contributed by atoms with E-state index in [0.717, 1.165) is 17.5 Å². The molecule has 0 saturated heterocycles. The number of nitriles is 1. The highest BCUT2D eigenvalue weighted by Gasteiger charge is 2.18. The summed E-state index contributed by atoms with van der Waals surface area (Å²) in [4.78, 5) is 20.8. The molecule has 1 aromatic rings. The summed E-state index contributed by atoms with van der Waals surface area (Å²) in [5.74, 6) is -0.539. The first-order chi connectivity index (χ1) is 9.24. The van der Waals surface area contributed by atoms with Crippen molar-refractivity contribution in [1.82, 2.24) is 0 Å². The van der Waals surface area contributed by atoms with E-state index in [1.54, 1.807) is 0 Å². The van der Waals surface area contributed by atoms with Crippen molar-refractivity contribution in [3.63, 3.8) is 0 Å². The largest absolute Gasteiger partial charge is 0.300 e. The number of hydrogen-bond acceptors (Lipinski definition) is 3. The van der Waals surface area contributed by atoms with Crippen LogP contribution in [0.25, 0.3) is 0 Å². The van der Waals surface area contributed by atoms with Gasteiger partial charge in [-0.2, -0.15) is 5.26 Å². The van der Waals surface area contributed by atoms with Gasteiger partial charge in [0.25, 0.3) is 0 Å². The molecule has 1 rings (SSSR count). The lowest BCUT2D eigenvalue weighted by Gasteiger charge is -2.13. The topological polar surface area (TPSA) is 57.9 Å². The Labute approximate surface area is 121 Å². The maximum atomic E-state index is 11.4. The summed E-state index contributed by atoms with van der Waals surface area (Å²) in [5.41, 5.74) is 4.32. The first kappa shape index (κ1) is 18.0. The van der Waals surface area contributed by atoms with Gasteiger partial charge < -0.3 is 4.79 Å². The summed E-state index contributed by atoms with van der Waals surface area (Å²) < 4.78 is 0. The second-order valence-electron chi connectivity index (χ2n) is 5.07. The Kier molecular flexibility index (Phi) is 7.46. The molecule has 3 heteroatoms. The Bertz CT molecular complexity index is 535. The molecule has 108 valence electrons. The first-order valence-corrected chi connectivity index (χ1v) is 6.71. The first-order valence-electron chi connectivity index (χ1n) is 6.71. The molecule has 1 aromatic carbocycles. The average molecular weight is 273 g/mol. The molecular formula is C17H23NO2. The zero-order chi connectivity index (χ0) is 15.9. The quantitative estimate of drug-likeness (QED) is 0.844. The van der Waals surface area contributed by atoms with Crippen LogP contribution in [0, 0.1) is 25.2 Å². The van der Waals surface area contributed by atoms with Crippen molar-refractivity contribution in [2.45, 2.75) is 53.9 Å². The van der Waals surface area contributed by atoms with Crippen LogP contribution in [0.1, 0.15) is 55.9 Å². The Morgan fingerprint density at radius 1 is 1.15 bits per heavy atom. The summed E-state index contributed by atoms with van der Waals surface area (Å²) in [6, 6.07) is 6.14. The number of carbonyl (C=O) groups is 2. The van der Waals surface area contributed by atoms with E-state index in [2.05, 4.69) is 26.0 Å². The lowest BCUT2D eigenvalue weighted by atomic mass is 9.89. The van der Waals surface area contributed by atoms with E-state index in [4.69, 9.17) is 5.26 Å². The molecule has 0 amide bonds. The molecule has 0 aliphatic heterocycles. The van der Waals surface area contributed by atoms with E-state index in [-0.39, 0.29) is 11.6 Å². The number of hydrogen-bond donors (Lipinski definition) is 0. The normalized spacial score (nSPS) is 10.8. The molecule has 1 unspecified atom stereocenters. The maximum Gasteiger partial charge on any atom is 0.151 e. The number of ketones is 2. The van der Waals surface area contributed by atoms with Crippen LogP contribution in [-0.2, 0) is 16.0 Å². The third-order valence-corrected chi connectivity index (χ3v) is 2.95. The molecule has 3 nitrogen and oxygen atoms in total. The highest BCUT2D eigenvalue weighted by Crippen LogP contribution is 2.24. The van der Waals surface area contributed by atoms with Crippen LogP contribution < -0.4 is 0 Å². The fourth-order valence-corrected chi connectivity index (χ4v) is 1.99. The average Bonchev–Trinajstić information content (AvgIpc) is 2.31. The van der Waals surface area contributed by atoms with Gasteiger partial charge in [0.2, 0.25) is 0 Å². The summed E-state index contributed by atoms with van der Waals surface area (Å²) in [6.07, 6.45) is 0.926. The molecule has 20 heavy (non-hydrogen) atoms. The van der Waals surface area contributed by atoms with Gasteiger partial charge in [0.15, 0.2) is 5.78 Å². The van der Waals surface area contributed by atoms with Crippen molar-refractivity contribution in [1.29, 1.82) is 5.26 Å². The number of rotatable bonds is 3. The summed E-state index contributed by atoms with van der Waals surface area (Å²) in [5, 5.41) is 9.04. The summed E-state index contributed by atoms with van der Waals surface area (Å²) >= 11 is 0. The van der Waals surface area contributed by atoms with Crippen LogP contribution in [0.5, 0.6) is 0 Å². The molecule has 0 radical (unpaired) electrons. The van der Waals surface area contributed by atoms with Crippen LogP contribution in [0.4, 0.5) is 0 Å². The van der Waals surface area contributed by atoms with Crippen LogP contribution >= 0.6 is 0 Å². The molecular weight excluding hydrogens is 250 g/mol. The van der Waals surface area contributed by atoms with E-state index in [9.17, 15) is 9.59 Å². The van der Waals surface area contributed by atoms with Crippen LogP contribution in [0.3, 0.4) is 0 Å². The highest BCUT2D eigenvalue weighted by molar-refractivity contribution is 5.86. The number of Topliss-reactive ketones (excluding diaryl/α,β-unsaturated/α-hetero) is 2. The molecule has 0 aromatic heterocycles. The molecule has 0 bridgehead atoms. The van der Waals surface area contributed by atoms with Gasteiger partial charge in [-0.15, -0.1) is 0 Å². The Morgan fingerprint density at radius 2 is 1.65 bits per heavy atom. The Balaban J connectivity index is 0.000000796. The molecule has 0 heterocycles. The number of carbonyl (C=O) groups excluding carboxylic acids is 2. The fraction of sp³-hybridized carbons (Fsp3) is 0.471. The SMILES string of the molecule is CC(C)=O.CCc1cc(C(C#N)C(C)=O)c(C)cc1C. The molecule has 1 atom stereocenters. The fourth-order valence-electron chi connectivity index (χ4n) is 1.99. The Hall–Kier alpha value is -1.95. The number of benzene rings is 1. The van der Waals surface area contributed by atoms with Gasteiger partial charge >= 0.3 is 0 Å². The van der Waals surface area contributed by atoms with E-state index in [0.29, 0.717) is 0 Å². The van der Waals surface area contributed by atoms with E-state index < -0.39 is 5.92 Å². The van der Waals surface area contributed by atoms with Crippen molar-refractivity contribution in [3.8, 4) is 6.07 Å². The molecule has 0 aliphatic carbocycles. The van der Waals surface area contributed by atoms with Crippen LogP contribution in [0.15, 0.2) is 12.1 Å². The molecule has 0 aliphatic rings. The van der Waals surface area contributed by atoms with Gasteiger partial charge in [-0.3, -0.25) is 4.79 Å². The molecule has 0 spiro atoms. The van der Waals surface area contributed by atoms with Gasteiger partial charge in [0.05, 0.1) is 6.07 Å². The van der Waals surface area contributed by atoms with Gasteiger partial charge in [-0.1, -0.05) is 19.1 Å². The minimum absolute atomic E-state index is 0.0866. The van der Waals surface area contributed by atoms with E-state index in [1.165, 1.54) is 31.9 Å². The lowest BCUT2D eigenvalue weighted by molar-refractivity contribution is -0.117. The third-order valence-electron chi connectivity index (χ3n) is 2.95. The number of aryl methyl sites for hydroxylation is 3. The van der Waals surface area contributed by atoms with Gasteiger partial charge in [-0.25, -0.2) is 0 Å². The monoisotopic (exact) mass is 273 g/mol. The van der Waals surface area contributed by atoms with Gasteiger partial charge in [0, 0.05) is 0 Å². The lowest BCUT2D eigenvalue weighted by Crippen LogP contribution is -2.09.